The maximum atomic E-state index is 6.15. The Kier molecular flexibility index (Phi) is 4.64. The summed E-state index contributed by atoms with van der Waals surface area (Å²) in [6.45, 7) is 6.10. The summed E-state index contributed by atoms with van der Waals surface area (Å²) in [6.07, 6.45) is 5.31. The minimum atomic E-state index is 0.467. The molecule has 1 heterocycles. The third kappa shape index (κ3) is 3.11. The molecule has 1 aromatic heterocycles. The molecule has 0 saturated heterocycles. The van der Waals surface area contributed by atoms with Crippen LogP contribution in [0.4, 0.5) is 0 Å². The van der Waals surface area contributed by atoms with Crippen molar-refractivity contribution in [3.05, 3.63) is 53.7 Å². The first kappa shape index (κ1) is 14.4. The molecule has 1 aromatic carbocycles. The van der Waals surface area contributed by atoms with Crippen molar-refractivity contribution in [1.29, 1.82) is 0 Å². The van der Waals surface area contributed by atoms with Crippen molar-refractivity contribution < 1.29 is 9.47 Å². The van der Waals surface area contributed by atoms with Crippen LogP contribution in [0.2, 0.25) is 5.02 Å². The van der Waals surface area contributed by atoms with E-state index in [1.165, 1.54) is 0 Å². The van der Waals surface area contributed by atoms with Gasteiger partial charge in [-0.25, -0.2) is 0 Å². The van der Waals surface area contributed by atoms with Crippen molar-refractivity contribution in [2.75, 3.05) is 13.7 Å². The summed E-state index contributed by atoms with van der Waals surface area (Å²) in [7, 11) is 1.60. The van der Waals surface area contributed by atoms with Crippen LogP contribution in [-0.4, -0.2) is 18.7 Å². The second-order valence-electron chi connectivity index (χ2n) is 4.35. The van der Waals surface area contributed by atoms with E-state index in [9.17, 15) is 0 Å². The second-order valence-corrected chi connectivity index (χ2v) is 4.76. The molecule has 20 heavy (non-hydrogen) atoms. The van der Waals surface area contributed by atoms with Gasteiger partial charge in [-0.3, -0.25) is 4.98 Å². The van der Waals surface area contributed by atoms with E-state index in [4.69, 9.17) is 21.1 Å². The Morgan fingerprint density at radius 1 is 1.40 bits per heavy atom. The van der Waals surface area contributed by atoms with Crippen LogP contribution in [0.15, 0.2) is 48.7 Å². The van der Waals surface area contributed by atoms with Gasteiger partial charge < -0.3 is 9.47 Å². The normalized spacial score (nSPS) is 11.4. The maximum Gasteiger partial charge on any atom is 0.163 e. The summed E-state index contributed by atoms with van der Waals surface area (Å²) in [5, 5.41) is 1.49. The van der Waals surface area contributed by atoms with E-state index >= 15 is 0 Å². The Morgan fingerprint density at radius 3 is 2.90 bits per heavy atom. The average molecular weight is 290 g/mol. The zero-order chi connectivity index (χ0) is 14.5. The Labute approximate surface area is 123 Å². The molecule has 0 radical (unpaired) electrons. The molecule has 0 unspecified atom stereocenters. The van der Waals surface area contributed by atoms with Gasteiger partial charge in [0.25, 0.3) is 0 Å². The number of allylic oxidation sites excluding steroid dienone is 2. The molecule has 0 bridgehead atoms. The van der Waals surface area contributed by atoms with E-state index in [-0.39, 0.29) is 0 Å². The van der Waals surface area contributed by atoms with Gasteiger partial charge in [-0.1, -0.05) is 30.3 Å². The highest BCUT2D eigenvalue weighted by Crippen LogP contribution is 2.34. The molecule has 0 amide bonds. The highest BCUT2D eigenvalue weighted by atomic mass is 35.5. The van der Waals surface area contributed by atoms with Crippen molar-refractivity contribution in [2.45, 2.75) is 6.92 Å². The maximum absolute atomic E-state index is 6.15. The van der Waals surface area contributed by atoms with Gasteiger partial charge in [-0.2, -0.15) is 0 Å². The first-order chi connectivity index (χ1) is 9.65. The minimum absolute atomic E-state index is 0.467. The topological polar surface area (TPSA) is 31.4 Å². The first-order valence-corrected chi connectivity index (χ1v) is 6.56. The number of methoxy groups -OCH3 is 1. The molecule has 104 valence electrons. The summed E-state index contributed by atoms with van der Waals surface area (Å²) in [6, 6.07) is 5.43. The van der Waals surface area contributed by atoms with Crippen LogP contribution in [0.3, 0.4) is 0 Å². The molecule has 0 aliphatic heterocycles. The van der Waals surface area contributed by atoms with Crippen LogP contribution >= 0.6 is 11.6 Å². The fourth-order valence-corrected chi connectivity index (χ4v) is 2.04. The summed E-state index contributed by atoms with van der Waals surface area (Å²) < 4.78 is 11.1. The van der Waals surface area contributed by atoms with Gasteiger partial charge in [0.1, 0.15) is 6.61 Å². The SMILES string of the molecule is C=C/C=C(\C)COc1cc2nccc(Cl)c2cc1OC. The van der Waals surface area contributed by atoms with E-state index in [2.05, 4.69) is 11.6 Å². The number of rotatable bonds is 5. The monoisotopic (exact) mass is 289 g/mol. The van der Waals surface area contributed by atoms with Gasteiger partial charge in [-0.15, -0.1) is 0 Å². The molecular formula is C16H16ClNO2. The molecule has 0 fully saturated rings. The molecule has 0 spiro atoms. The van der Waals surface area contributed by atoms with E-state index in [1.807, 2.05) is 25.1 Å². The average Bonchev–Trinajstić information content (AvgIpc) is 2.45. The molecule has 0 N–H and O–H groups in total. The van der Waals surface area contributed by atoms with Gasteiger partial charge in [0, 0.05) is 17.6 Å². The van der Waals surface area contributed by atoms with E-state index in [0.29, 0.717) is 23.1 Å². The summed E-state index contributed by atoms with van der Waals surface area (Å²) in [5.74, 6) is 1.28. The number of fused-ring (bicyclic) bond motifs is 1. The highest BCUT2D eigenvalue weighted by molar-refractivity contribution is 6.35. The lowest BCUT2D eigenvalue weighted by Crippen LogP contribution is -2.00. The highest BCUT2D eigenvalue weighted by Gasteiger charge is 2.09. The number of hydrogen-bond donors (Lipinski definition) is 0. The van der Waals surface area contributed by atoms with Crippen molar-refractivity contribution in [2.24, 2.45) is 0 Å². The van der Waals surface area contributed by atoms with Crippen LogP contribution in [0.1, 0.15) is 6.92 Å². The molecule has 4 heteroatoms. The Morgan fingerprint density at radius 2 is 2.20 bits per heavy atom. The Bertz CT molecular complexity index is 665. The first-order valence-electron chi connectivity index (χ1n) is 6.19. The van der Waals surface area contributed by atoms with Crippen LogP contribution < -0.4 is 9.47 Å². The number of aromatic nitrogens is 1. The molecule has 2 rings (SSSR count). The van der Waals surface area contributed by atoms with Gasteiger partial charge in [0.05, 0.1) is 17.6 Å². The van der Waals surface area contributed by atoms with Crippen molar-refractivity contribution in [1.82, 2.24) is 4.98 Å². The summed E-state index contributed by atoms with van der Waals surface area (Å²) in [5.41, 5.74) is 1.85. The van der Waals surface area contributed by atoms with Crippen molar-refractivity contribution in [3.63, 3.8) is 0 Å². The van der Waals surface area contributed by atoms with Crippen LogP contribution in [-0.2, 0) is 0 Å². The number of hydrogen-bond acceptors (Lipinski definition) is 3. The number of pyridine rings is 1. The van der Waals surface area contributed by atoms with E-state index < -0.39 is 0 Å². The van der Waals surface area contributed by atoms with E-state index in [0.717, 1.165) is 16.5 Å². The predicted molar refractivity (Wildman–Crippen MR) is 82.8 cm³/mol. The molecular weight excluding hydrogens is 274 g/mol. The molecule has 2 aromatic rings. The smallest absolute Gasteiger partial charge is 0.163 e. The molecule has 0 aliphatic carbocycles. The van der Waals surface area contributed by atoms with Crippen LogP contribution in [0, 0.1) is 0 Å². The standard InChI is InChI=1S/C16H16ClNO2/c1-4-5-11(2)10-20-16-9-14-12(8-15(16)19-3)13(17)6-7-18-14/h4-9H,1,10H2,2-3H3/b11-5+. The lowest BCUT2D eigenvalue weighted by Gasteiger charge is -2.12. The Balaban J connectivity index is 2.37. The van der Waals surface area contributed by atoms with Crippen molar-refractivity contribution in [3.8, 4) is 11.5 Å². The van der Waals surface area contributed by atoms with Crippen LogP contribution in [0.5, 0.6) is 11.5 Å². The van der Waals surface area contributed by atoms with Gasteiger partial charge in [0.2, 0.25) is 0 Å². The molecule has 0 aliphatic rings. The minimum Gasteiger partial charge on any atom is -0.493 e. The van der Waals surface area contributed by atoms with Gasteiger partial charge >= 0.3 is 0 Å². The third-order valence-corrected chi connectivity index (χ3v) is 3.16. The number of benzene rings is 1. The number of nitrogens with zero attached hydrogens (tertiary/aromatic N) is 1. The predicted octanol–water partition coefficient (Wildman–Crippen LogP) is 4.41. The molecule has 0 saturated carbocycles. The zero-order valence-corrected chi connectivity index (χ0v) is 12.3. The van der Waals surface area contributed by atoms with E-state index in [1.54, 1.807) is 25.4 Å². The second kappa shape index (κ2) is 6.44. The lowest BCUT2D eigenvalue weighted by atomic mass is 10.2. The Hall–Kier alpha value is -2.00. The largest absolute Gasteiger partial charge is 0.493 e. The lowest BCUT2D eigenvalue weighted by molar-refractivity contribution is 0.320. The number of halogens is 1. The third-order valence-electron chi connectivity index (χ3n) is 2.83. The number of ether oxygens (including phenoxy) is 2. The fourth-order valence-electron chi connectivity index (χ4n) is 1.83. The van der Waals surface area contributed by atoms with Gasteiger partial charge in [-0.05, 0) is 24.6 Å². The van der Waals surface area contributed by atoms with Crippen LogP contribution in [0.25, 0.3) is 10.9 Å². The van der Waals surface area contributed by atoms with Crippen molar-refractivity contribution >= 4 is 22.5 Å². The summed E-state index contributed by atoms with van der Waals surface area (Å²) in [4.78, 5) is 4.29. The quantitative estimate of drug-likeness (QED) is 0.764. The summed E-state index contributed by atoms with van der Waals surface area (Å²) >= 11 is 6.15. The zero-order valence-electron chi connectivity index (χ0n) is 11.5. The molecule has 0 atom stereocenters. The molecule has 3 nitrogen and oxygen atoms in total. The fraction of sp³-hybridized carbons (Fsp3) is 0.188. The van der Waals surface area contributed by atoms with Gasteiger partial charge in [0.15, 0.2) is 11.5 Å².